The molecule has 21 heavy (non-hydrogen) atoms. The fourth-order valence-electron chi connectivity index (χ4n) is 1.48. The van der Waals surface area contributed by atoms with Crippen molar-refractivity contribution in [3.05, 3.63) is 60.2 Å². The van der Waals surface area contributed by atoms with Gasteiger partial charge in [0.1, 0.15) is 0 Å². The average molecular weight is 282 g/mol. The van der Waals surface area contributed by atoms with Gasteiger partial charge in [0.15, 0.2) is 5.84 Å². The third kappa shape index (κ3) is 4.54. The number of carboxylic acid groups (broad SMARTS) is 1. The van der Waals surface area contributed by atoms with Gasteiger partial charge < -0.3 is 5.11 Å². The highest BCUT2D eigenvalue weighted by Gasteiger charge is 2.00. The van der Waals surface area contributed by atoms with Crippen LogP contribution < -0.4 is 5.43 Å². The minimum Gasteiger partial charge on any atom is -0.478 e. The minimum atomic E-state index is -0.969. The number of rotatable bonds is 4. The van der Waals surface area contributed by atoms with Crippen molar-refractivity contribution in [2.75, 3.05) is 5.43 Å². The van der Waals surface area contributed by atoms with E-state index in [1.165, 1.54) is 12.1 Å². The van der Waals surface area contributed by atoms with Crippen molar-refractivity contribution in [3.63, 3.8) is 0 Å². The van der Waals surface area contributed by atoms with Crippen LogP contribution in [-0.4, -0.2) is 16.9 Å². The zero-order valence-corrected chi connectivity index (χ0v) is 11.4. The Balaban J connectivity index is 1.98. The predicted octanol–water partition coefficient (Wildman–Crippen LogP) is 3.91. The molecular formula is C15H14N4O2. The smallest absolute Gasteiger partial charge is 0.335 e. The number of hydrogen-bond donors (Lipinski definition) is 2. The topological polar surface area (TPSA) is 86.4 Å². The van der Waals surface area contributed by atoms with Crippen LogP contribution in [0.4, 0.5) is 11.4 Å². The zero-order chi connectivity index (χ0) is 15.1. The number of para-hydroxylation sites is 1. The van der Waals surface area contributed by atoms with E-state index in [1.807, 2.05) is 30.3 Å². The van der Waals surface area contributed by atoms with Crippen LogP contribution in [0.5, 0.6) is 0 Å². The summed E-state index contributed by atoms with van der Waals surface area (Å²) in [6, 6.07) is 15.6. The molecule has 0 aliphatic heterocycles. The highest BCUT2D eigenvalue weighted by molar-refractivity contribution is 5.88. The molecule has 0 aliphatic carbocycles. The summed E-state index contributed by atoms with van der Waals surface area (Å²) in [5.41, 5.74) is 4.50. The fraction of sp³-hybridized carbons (Fsp3) is 0.0667. The highest BCUT2D eigenvalue weighted by atomic mass is 16.4. The van der Waals surface area contributed by atoms with E-state index in [-0.39, 0.29) is 5.56 Å². The molecular weight excluding hydrogens is 268 g/mol. The molecule has 6 nitrogen and oxygen atoms in total. The van der Waals surface area contributed by atoms with Crippen LogP contribution in [0.15, 0.2) is 69.9 Å². The van der Waals surface area contributed by atoms with Gasteiger partial charge in [0.25, 0.3) is 0 Å². The Labute approximate surface area is 121 Å². The van der Waals surface area contributed by atoms with E-state index >= 15 is 0 Å². The molecule has 106 valence electrons. The van der Waals surface area contributed by atoms with Gasteiger partial charge in [-0.1, -0.05) is 18.2 Å². The lowest BCUT2D eigenvalue weighted by atomic mass is 10.2. The Morgan fingerprint density at radius 1 is 1.05 bits per heavy atom. The maximum Gasteiger partial charge on any atom is 0.335 e. The van der Waals surface area contributed by atoms with Crippen LogP contribution in [0.2, 0.25) is 0 Å². The molecule has 0 radical (unpaired) electrons. The van der Waals surface area contributed by atoms with Crippen molar-refractivity contribution >= 4 is 23.2 Å². The van der Waals surface area contributed by atoms with Crippen molar-refractivity contribution in [1.29, 1.82) is 0 Å². The first-order valence-electron chi connectivity index (χ1n) is 6.25. The van der Waals surface area contributed by atoms with Crippen LogP contribution in [0.1, 0.15) is 17.3 Å². The van der Waals surface area contributed by atoms with E-state index in [2.05, 4.69) is 20.8 Å². The molecule has 0 fully saturated rings. The largest absolute Gasteiger partial charge is 0.478 e. The minimum absolute atomic E-state index is 0.213. The van der Waals surface area contributed by atoms with Gasteiger partial charge in [0.2, 0.25) is 0 Å². The third-order valence-corrected chi connectivity index (χ3v) is 2.55. The first-order valence-corrected chi connectivity index (χ1v) is 6.25. The number of carboxylic acids is 1. The standard InChI is InChI=1S/C15H14N4O2/c1-11(16-18-13-5-3-2-4-6-13)17-19-14-9-7-12(8-10-14)15(20)21/h2-10,18H,1H3,(H,20,21)/b16-11+,19-17?. The lowest BCUT2D eigenvalue weighted by Gasteiger charge is -1.99. The number of carbonyl (C=O) groups is 1. The Bertz CT molecular complexity index is 664. The van der Waals surface area contributed by atoms with E-state index in [9.17, 15) is 4.79 Å². The average Bonchev–Trinajstić information content (AvgIpc) is 2.52. The van der Waals surface area contributed by atoms with Crippen molar-refractivity contribution in [2.24, 2.45) is 15.3 Å². The molecule has 2 aromatic rings. The normalized spacial score (nSPS) is 11.6. The van der Waals surface area contributed by atoms with Gasteiger partial charge >= 0.3 is 5.97 Å². The maximum atomic E-state index is 10.7. The molecule has 6 heteroatoms. The third-order valence-electron chi connectivity index (χ3n) is 2.55. The summed E-state index contributed by atoms with van der Waals surface area (Å²) in [6.45, 7) is 1.71. The summed E-state index contributed by atoms with van der Waals surface area (Å²) >= 11 is 0. The Morgan fingerprint density at radius 2 is 1.71 bits per heavy atom. The second-order valence-corrected chi connectivity index (χ2v) is 4.19. The van der Waals surface area contributed by atoms with Crippen molar-refractivity contribution in [1.82, 2.24) is 0 Å². The first-order chi connectivity index (χ1) is 10.1. The summed E-state index contributed by atoms with van der Waals surface area (Å²) in [5, 5.41) is 20.8. The van der Waals surface area contributed by atoms with Gasteiger partial charge in [-0.05, 0) is 43.3 Å². The summed E-state index contributed by atoms with van der Waals surface area (Å²) in [5.74, 6) is -0.510. The van der Waals surface area contributed by atoms with Gasteiger partial charge in [-0.15, -0.1) is 10.2 Å². The summed E-state index contributed by atoms with van der Waals surface area (Å²) in [6.07, 6.45) is 0. The Morgan fingerprint density at radius 3 is 2.33 bits per heavy atom. The summed E-state index contributed by atoms with van der Waals surface area (Å²) < 4.78 is 0. The summed E-state index contributed by atoms with van der Waals surface area (Å²) in [7, 11) is 0. The first kappa shape index (κ1) is 14.4. The Hall–Kier alpha value is -3.02. The van der Waals surface area contributed by atoms with Gasteiger partial charge in [-0.25, -0.2) is 4.79 Å². The lowest BCUT2D eigenvalue weighted by Crippen LogP contribution is -1.94. The molecule has 0 bridgehead atoms. The number of nitrogens with zero attached hydrogens (tertiary/aromatic N) is 3. The van der Waals surface area contributed by atoms with Gasteiger partial charge in [0.05, 0.1) is 16.9 Å². The predicted molar refractivity (Wildman–Crippen MR) is 81.1 cm³/mol. The van der Waals surface area contributed by atoms with Crippen LogP contribution >= 0.6 is 0 Å². The molecule has 0 atom stereocenters. The molecule has 2 N–H and O–H groups in total. The van der Waals surface area contributed by atoms with E-state index in [4.69, 9.17) is 5.11 Å². The number of nitrogens with one attached hydrogen (secondary N) is 1. The van der Waals surface area contributed by atoms with E-state index in [0.717, 1.165) is 5.69 Å². The number of hydrogen-bond acceptors (Lipinski definition) is 4. The molecule has 0 amide bonds. The van der Waals surface area contributed by atoms with E-state index < -0.39 is 5.97 Å². The van der Waals surface area contributed by atoms with Gasteiger partial charge in [-0.2, -0.15) is 5.10 Å². The monoisotopic (exact) mass is 282 g/mol. The number of amidine groups is 1. The molecule has 0 aliphatic rings. The lowest BCUT2D eigenvalue weighted by molar-refractivity contribution is 0.0697. The fourth-order valence-corrected chi connectivity index (χ4v) is 1.48. The molecule has 0 saturated carbocycles. The summed E-state index contributed by atoms with van der Waals surface area (Å²) in [4.78, 5) is 10.7. The Kier molecular flexibility index (Phi) is 4.76. The number of azo groups is 1. The SMILES string of the molecule is C/C(N=Nc1ccc(C(=O)O)cc1)=N\Nc1ccccc1. The second kappa shape index (κ2) is 6.95. The number of benzene rings is 2. The van der Waals surface area contributed by atoms with Crippen molar-refractivity contribution < 1.29 is 9.90 Å². The highest BCUT2D eigenvalue weighted by Crippen LogP contribution is 2.13. The van der Waals surface area contributed by atoms with E-state index in [0.29, 0.717) is 11.5 Å². The zero-order valence-electron chi connectivity index (χ0n) is 11.4. The van der Waals surface area contributed by atoms with E-state index in [1.54, 1.807) is 19.1 Å². The maximum absolute atomic E-state index is 10.7. The number of aromatic carboxylic acids is 1. The van der Waals surface area contributed by atoms with Gasteiger partial charge in [0, 0.05) is 0 Å². The molecule has 2 aromatic carbocycles. The van der Waals surface area contributed by atoms with Crippen LogP contribution in [0.3, 0.4) is 0 Å². The molecule has 2 rings (SSSR count). The van der Waals surface area contributed by atoms with Crippen LogP contribution in [-0.2, 0) is 0 Å². The van der Waals surface area contributed by atoms with Crippen molar-refractivity contribution in [3.8, 4) is 0 Å². The number of anilines is 1. The molecule has 0 spiro atoms. The quantitative estimate of drug-likeness (QED) is 0.385. The van der Waals surface area contributed by atoms with Crippen LogP contribution in [0, 0.1) is 0 Å². The molecule has 0 heterocycles. The molecule has 0 aromatic heterocycles. The molecule has 0 saturated heterocycles. The van der Waals surface area contributed by atoms with Crippen molar-refractivity contribution in [2.45, 2.75) is 6.92 Å². The second-order valence-electron chi connectivity index (χ2n) is 4.19. The van der Waals surface area contributed by atoms with Gasteiger partial charge in [-0.3, -0.25) is 5.43 Å². The number of hydrazone groups is 1. The van der Waals surface area contributed by atoms with Crippen LogP contribution in [0.25, 0.3) is 0 Å². The molecule has 0 unspecified atom stereocenters.